The summed E-state index contributed by atoms with van der Waals surface area (Å²) in [7, 11) is 2.12. The number of hydrogen-bond acceptors (Lipinski definition) is 1. The standard InChI is InChI=1S/C15H21N/c1-3-13(16-2)15-12-9-8-10-6-4-5-7-11(10)14(12)15/h4-7,12-16H,3,8-9H2,1-2H3. The lowest BCUT2D eigenvalue weighted by atomic mass is 9.92. The van der Waals surface area contributed by atoms with Gasteiger partial charge in [0.1, 0.15) is 0 Å². The fourth-order valence-electron chi connectivity index (χ4n) is 3.84. The molecule has 0 spiro atoms. The van der Waals surface area contributed by atoms with Gasteiger partial charge in [-0.25, -0.2) is 0 Å². The van der Waals surface area contributed by atoms with Crippen molar-refractivity contribution in [1.82, 2.24) is 5.32 Å². The maximum absolute atomic E-state index is 3.50. The first-order valence-corrected chi connectivity index (χ1v) is 6.62. The van der Waals surface area contributed by atoms with Crippen molar-refractivity contribution in [2.24, 2.45) is 11.8 Å². The van der Waals surface area contributed by atoms with Crippen LogP contribution < -0.4 is 5.32 Å². The van der Waals surface area contributed by atoms with Crippen molar-refractivity contribution in [3.63, 3.8) is 0 Å². The Labute approximate surface area is 98.3 Å². The van der Waals surface area contributed by atoms with Crippen LogP contribution in [0.5, 0.6) is 0 Å². The zero-order chi connectivity index (χ0) is 11.1. The SMILES string of the molecule is CCC(NC)C1C2CCc3ccccc3C21. The van der Waals surface area contributed by atoms with Crippen LogP contribution in [0.2, 0.25) is 0 Å². The van der Waals surface area contributed by atoms with Crippen LogP contribution in [-0.4, -0.2) is 13.1 Å². The summed E-state index contributed by atoms with van der Waals surface area (Å²) in [5.74, 6) is 2.73. The Morgan fingerprint density at radius 1 is 1.38 bits per heavy atom. The van der Waals surface area contributed by atoms with Crippen LogP contribution in [-0.2, 0) is 6.42 Å². The first-order chi connectivity index (χ1) is 7.86. The van der Waals surface area contributed by atoms with Gasteiger partial charge < -0.3 is 5.32 Å². The van der Waals surface area contributed by atoms with Gasteiger partial charge in [0.05, 0.1) is 0 Å². The molecule has 16 heavy (non-hydrogen) atoms. The predicted molar refractivity (Wildman–Crippen MR) is 67.6 cm³/mol. The fourth-order valence-corrected chi connectivity index (χ4v) is 3.84. The van der Waals surface area contributed by atoms with E-state index < -0.39 is 0 Å². The normalized spacial score (nSPS) is 32.8. The van der Waals surface area contributed by atoms with Gasteiger partial charge >= 0.3 is 0 Å². The Bertz CT molecular complexity index is 381. The molecule has 0 radical (unpaired) electrons. The average molecular weight is 215 g/mol. The Kier molecular flexibility index (Phi) is 2.51. The quantitative estimate of drug-likeness (QED) is 0.817. The van der Waals surface area contributed by atoms with E-state index in [1.165, 1.54) is 19.3 Å². The maximum atomic E-state index is 3.50. The van der Waals surface area contributed by atoms with E-state index in [4.69, 9.17) is 0 Å². The van der Waals surface area contributed by atoms with E-state index in [9.17, 15) is 0 Å². The van der Waals surface area contributed by atoms with Crippen molar-refractivity contribution in [2.45, 2.75) is 38.1 Å². The van der Waals surface area contributed by atoms with Crippen LogP contribution in [0.25, 0.3) is 0 Å². The Morgan fingerprint density at radius 3 is 2.94 bits per heavy atom. The van der Waals surface area contributed by atoms with Crippen molar-refractivity contribution >= 4 is 0 Å². The summed E-state index contributed by atoms with van der Waals surface area (Å²) in [5, 5.41) is 3.50. The molecular weight excluding hydrogens is 194 g/mol. The van der Waals surface area contributed by atoms with Crippen LogP contribution in [0.3, 0.4) is 0 Å². The zero-order valence-corrected chi connectivity index (χ0v) is 10.2. The van der Waals surface area contributed by atoms with E-state index in [0.29, 0.717) is 0 Å². The van der Waals surface area contributed by atoms with Crippen LogP contribution in [0.1, 0.15) is 36.8 Å². The summed E-state index contributed by atoms with van der Waals surface area (Å²) in [6, 6.07) is 9.79. The molecule has 1 nitrogen and oxygen atoms in total. The van der Waals surface area contributed by atoms with Crippen LogP contribution in [0, 0.1) is 11.8 Å². The van der Waals surface area contributed by atoms with Crippen LogP contribution in [0.4, 0.5) is 0 Å². The molecule has 1 aromatic rings. The van der Waals surface area contributed by atoms with Crippen LogP contribution >= 0.6 is 0 Å². The molecule has 0 saturated heterocycles. The third-order valence-electron chi connectivity index (χ3n) is 4.67. The van der Waals surface area contributed by atoms with E-state index in [1.54, 1.807) is 11.1 Å². The smallest absolute Gasteiger partial charge is 0.00985 e. The highest BCUT2D eigenvalue weighted by Gasteiger charge is 2.55. The summed E-state index contributed by atoms with van der Waals surface area (Å²) in [6.45, 7) is 2.30. The molecule has 2 aliphatic rings. The summed E-state index contributed by atoms with van der Waals surface area (Å²) in [4.78, 5) is 0. The van der Waals surface area contributed by atoms with Crippen molar-refractivity contribution in [3.8, 4) is 0 Å². The van der Waals surface area contributed by atoms with E-state index >= 15 is 0 Å². The van der Waals surface area contributed by atoms with E-state index in [1.807, 2.05) is 0 Å². The monoisotopic (exact) mass is 215 g/mol. The minimum Gasteiger partial charge on any atom is -0.317 e. The van der Waals surface area contributed by atoms with Gasteiger partial charge in [-0.05, 0) is 55.2 Å². The molecule has 0 heterocycles. The molecule has 3 rings (SSSR count). The second-order valence-corrected chi connectivity index (χ2v) is 5.31. The molecule has 4 unspecified atom stereocenters. The molecule has 0 bridgehead atoms. The molecule has 0 amide bonds. The third-order valence-corrected chi connectivity index (χ3v) is 4.67. The van der Waals surface area contributed by atoms with Crippen molar-refractivity contribution < 1.29 is 0 Å². The molecule has 86 valence electrons. The molecule has 1 fully saturated rings. The van der Waals surface area contributed by atoms with E-state index in [2.05, 4.69) is 43.6 Å². The summed E-state index contributed by atoms with van der Waals surface area (Å²) < 4.78 is 0. The molecule has 0 aromatic heterocycles. The topological polar surface area (TPSA) is 12.0 Å². The third kappa shape index (κ3) is 1.41. The Morgan fingerprint density at radius 2 is 2.19 bits per heavy atom. The second kappa shape index (κ2) is 3.89. The highest BCUT2D eigenvalue weighted by molar-refractivity contribution is 5.40. The van der Waals surface area contributed by atoms with Gasteiger partial charge in [0.25, 0.3) is 0 Å². The number of nitrogens with one attached hydrogen (secondary N) is 1. The minimum atomic E-state index is 0.723. The van der Waals surface area contributed by atoms with Gasteiger partial charge in [-0.2, -0.15) is 0 Å². The molecule has 4 atom stereocenters. The molecule has 1 saturated carbocycles. The van der Waals surface area contributed by atoms with Gasteiger partial charge in [0.2, 0.25) is 0 Å². The van der Waals surface area contributed by atoms with Gasteiger partial charge in [0.15, 0.2) is 0 Å². The summed E-state index contributed by atoms with van der Waals surface area (Å²) in [5.41, 5.74) is 3.26. The van der Waals surface area contributed by atoms with Crippen molar-refractivity contribution in [1.29, 1.82) is 0 Å². The Balaban J connectivity index is 1.87. The number of rotatable bonds is 3. The molecule has 2 aliphatic carbocycles. The molecular formula is C15H21N. The minimum absolute atomic E-state index is 0.723. The predicted octanol–water partition coefficient (Wildman–Crippen LogP) is 2.96. The maximum Gasteiger partial charge on any atom is 0.00985 e. The lowest BCUT2D eigenvalue weighted by molar-refractivity contribution is 0.454. The van der Waals surface area contributed by atoms with Crippen molar-refractivity contribution in [2.75, 3.05) is 7.05 Å². The first-order valence-electron chi connectivity index (χ1n) is 6.62. The lowest BCUT2D eigenvalue weighted by Gasteiger charge is -2.14. The zero-order valence-electron chi connectivity index (χ0n) is 10.2. The number of benzene rings is 1. The van der Waals surface area contributed by atoms with Gasteiger partial charge in [0, 0.05) is 6.04 Å². The first kappa shape index (κ1) is 10.3. The fraction of sp³-hybridized carbons (Fsp3) is 0.600. The van der Waals surface area contributed by atoms with Crippen molar-refractivity contribution in [3.05, 3.63) is 35.4 Å². The average Bonchev–Trinajstić information content (AvgIpc) is 3.06. The molecule has 1 aromatic carbocycles. The largest absolute Gasteiger partial charge is 0.317 e. The second-order valence-electron chi connectivity index (χ2n) is 5.31. The van der Waals surface area contributed by atoms with Gasteiger partial charge in [-0.15, -0.1) is 0 Å². The lowest BCUT2D eigenvalue weighted by Crippen LogP contribution is -2.27. The number of hydrogen-bond donors (Lipinski definition) is 1. The highest BCUT2D eigenvalue weighted by Crippen LogP contribution is 2.61. The Hall–Kier alpha value is -0.820. The number of aryl methyl sites for hydroxylation is 1. The molecule has 0 aliphatic heterocycles. The number of fused-ring (bicyclic) bond motifs is 3. The molecule has 1 heteroatoms. The van der Waals surface area contributed by atoms with Gasteiger partial charge in [-0.3, -0.25) is 0 Å². The highest BCUT2D eigenvalue weighted by atomic mass is 14.9. The van der Waals surface area contributed by atoms with Crippen LogP contribution in [0.15, 0.2) is 24.3 Å². The summed E-state index contributed by atoms with van der Waals surface area (Å²) in [6.07, 6.45) is 3.97. The van der Waals surface area contributed by atoms with Gasteiger partial charge in [-0.1, -0.05) is 31.2 Å². The van der Waals surface area contributed by atoms with E-state index in [0.717, 1.165) is 23.8 Å². The molecule has 1 N–H and O–H groups in total. The van der Waals surface area contributed by atoms with E-state index in [-0.39, 0.29) is 0 Å². The summed E-state index contributed by atoms with van der Waals surface area (Å²) >= 11 is 0.